The number of rotatable bonds is 4. The highest BCUT2D eigenvalue weighted by Crippen LogP contribution is 2.43. The lowest BCUT2D eigenvalue weighted by Crippen LogP contribution is -2.53. The molecule has 0 aliphatic carbocycles. The lowest BCUT2D eigenvalue weighted by molar-refractivity contribution is -0.219. The van der Waals surface area contributed by atoms with Crippen molar-refractivity contribution in [1.29, 1.82) is 0 Å². The maximum atomic E-state index is 12.8. The van der Waals surface area contributed by atoms with Gasteiger partial charge in [-0.25, -0.2) is 4.79 Å². The van der Waals surface area contributed by atoms with Gasteiger partial charge in [0, 0.05) is 16.6 Å². The first-order chi connectivity index (χ1) is 12.9. The Balaban J connectivity index is 1.69. The zero-order valence-electron chi connectivity index (χ0n) is 14.0. The summed E-state index contributed by atoms with van der Waals surface area (Å²) in [5.41, 5.74) is 1.45. The molecular weight excluding hydrogens is 418 g/mol. The number of nitrogens with zero attached hydrogens (tertiary/aromatic N) is 1. The van der Waals surface area contributed by atoms with Crippen LogP contribution in [0.25, 0.3) is 0 Å². The minimum Gasteiger partial charge on any atom is -0.508 e. The summed E-state index contributed by atoms with van der Waals surface area (Å²) in [4.78, 5) is 26.0. The molecule has 2 aliphatic rings. The number of phenolic OH excluding ortho intramolecular Hbond substituents is 1. The normalized spacial score (nSPS) is 27.0. The first kappa shape index (κ1) is 18.0. The number of carbonyl (C=O) groups excluding carboxylic acids is 1. The van der Waals surface area contributed by atoms with Crippen LogP contribution in [0, 0.1) is 0 Å². The number of hydrogen-bond donors (Lipinski definition) is 2. The van der Waals surface area contributed by atoms with Crippen molar-refractivity contribution >= 4 is 27.8 Å². The monoisotopic (exact) mass is 433 g/mol. The highest BCUT2D eigenvalue weighted by atomic mass is 79.9. The molecule has 0 aromatic heterocycles. The van der Waals surface area contributed by atoms with E-state index in [1.807, 2.05) is 24.3 Å². The predicted molar refractivity (Wildman–Crippen MR) is 96.7 cm³/mol. The molecule has 2 N–H and O–H groups in total. The largest absolute Gasteiger partial charge is 0.508 e. The van der Waals surface area contributed by atoms with Gasteiger partial charge in [-0.15, -0.1) is 0 Å². The first-order valence-electron chi connectivity index (χ1n) is 8.29. The van der Waals surface area contributed by atoms with Crippen molar-refractivity contribution in [2.45, 2.75) is 24.5 Å². The minimum atomic E-state index is -1.39. The third kappa shape index (κ3) is 3.20. The number of carboxylic acids is 1. The molecule has 2 fully saturated rings. The average molecular weight is 434 g/mol. The number of halogens is 1. The van der Waals surface area contributed by atoms with E-state index in [-0.39, 0.29) is 12.3 Å². The van der Waals surface area contributed by atoms with Crippen molar-refractivity contribution in [3.63, 3.8) is 0 Å². The molecule has 4 rings (SSSR count). The van der Waals surface area contributed by atoms with E-state index in [0.717, 1.165) is 10.0 Å². The maximum Gasteiger partial charge on any atom is 0.336 e. The molecule has 2 bridgehead atoms. The highest BCUT2D eigenvalue weighted by molar-refractivity contribution is 9.10. The summed E-state index contributed by atoms with van der Waals surface area (Å²) in [5.74, 6) is -2.99. The predicted octanol–water partition coefficient (Wildman–Crippen LogP) is 2.22. The summed E-state index contributed by atoms with van der Waals surface area (Å²) in [7, 11) is 0. The second kappa shape index (κ2) is 6.63. The molecule has 2 saturated heterocycles. The Morgan fingerprint density at radius 2 is 1.81 bits per heavy atom. The van der Waals surface area contributed by atoms with Crippen LogP contribution in [0.5, 0.6) is 5.75 Å². The van der Waals surface area contributed by atoms with Gasteiger partial charge in [-0.05, 0) is 42.0 Å². The maximum absolute atomic E-state index is 12.8. The van der Waals surface area contributed by atoms with Crippen LogP contribution in [0.2, 0.25) is 0 Å². The fraction of sp³-hybridized carbons (Fsp3) is 0.263. The van der Waals surface area contributed by atoms with Crippen molar-refractivity contribution in [2.75, 3.05) is 6.54 Å². The molecule has 2 aliphatic heterocycles. The van der Waals surface area contributed by atoms with Gasteiger partial charge in [0.2, 0.25) is 5.79 Å². The highest BCUT2D eigenvalue weighted by Gasteiger charge is 2.60. The van der Waals surface area contributed by atoms with Crippen molar-refractivity contribution in [1.82, 2.24) is 4.90 Å². The molecule has 3 atom stereocenters. The van der Waals surface area contributed by atoms with E-state index >= 15 is 0 Å². The number of morpholine rings is 1. The molecule has 140 valence electrons. The third-order valence-electron chi connectivity index (χ3n) is 4.70. The molecule has 3 unspecified atom stereocenters. The third-order valence-corrected chi connectivity index (χ3v) is 5.23. The van der Waals surface area contributed by atoms with Gasteiger partial charge in [0.25, 0.3) is 5.91 Å². The van der Waals surface area contributed by atoms with Crippen LogP contribution in [0.15, 0.2) is 53.0 Å². The number of carbonyl (C=O) groups is 2. The van der Waals surface area contributed by atoms with E-state index in [0.29, 0.717) is 12.1 Å². The zero-order valence-corrected chi connectivity index (χ0v) is 15.6. The summed E-state index contributed by atoms with van der Waals surface area (Å²) in [5, 5.41) is 19.0. The standard InChI is InChI=1S/C19H16BrNO6/c20-13-5-1-11(2-6-13)9-21-10-19(12-3-7-14(22)8-4-12)26-15(17(21)23)16(27-19)18(24)25/h1-8,15-16,22H,9-10H2,(H,24,25). The number of phenols is 1. The van der Waals surface area contributed by atoms with Crippen molar-refractivity contribution < 1.29 is 29.3 Å². The Labute approximate surface area is 163 Å². The number of ether oxygens (including phenoxy) is 2. The van der Waals surface area contributed by atoms with Crippen molar-refractivity contribution in [3.05, 3.63) is 64.1 Å². The number of amides is 1. The topological polar surface area (TPSA) is 96.3 Å². The number of carboxylic acid groups (broad SMARTS) is 1. The van der Waals surface area contributed by atoms with Crippen LogP contribution in [-0.2, 0) is 31.4 Å². The second-order valence-electron chi connectivity index (χ2n) is 6.54. The summed E-state index contributed by atoms with van der Waals surface area (Å²) in [6, 6.07) is 13.7. The molecule has 7 nitrogen and oxygen atoms in total. The van der Waals surface area contributed by atoms with Gasteiger partial charge in [0.15, 0.2) is 12.2 Å². The van der Waals surface area contributed by atoms with Gasteiger partial charge in [0.1, 0.15) is 5.75 Å². The Hall–Kier alpha value is -2.42. The summed E-state index contributed by atoms with van der Waals surface area (Å²) in [6.07, 6.45) is -2.61. The molecule has 2 aromatic carbocycles. The fourth-order valence-electron chi connectivity index (χ4n) is 3.39. The Morgan fingerprint density at radius 3 is 2.44 bits per heavy atom. The Kier molecular flexibility index (Phi) is 4.41. The lowest BCUT2D eigenvalue weighted by atomic mass is 10.0. The van der Waals surface area contributed by atoms with Gasteiger partial charge in [0.05, 0.1) is 6.54 Å². The van der Waals surface area contributed by atoms with E-state index in [1.54, 1.807) is 17.0 Å². The van der Waals surface area contributed by atoms with Gasteiger partial charge in [-0.1, -0.05) is 28.1 Å². The number of aromatic hydroxyl groups is 1. The summed E-state index contributed by atoms with van der Waals surface area (Å²) in [6.45, 7) is 0.356. The first-order valence-corrected chi connectivity index (χ1v) is 9.08. The number of fused-ring (bicyclic) bond motifs is 2. The van der Waals surface area contributed by atoms with Crippen LogP contribution in [0.4, 0.5) is 0 Å². The molecule has 1 amide bonds. The Morgan fingerprint density at radius 1 is 1.15 bits per heavy atom. The molecular formula is C19H16BrNO6. The quantitative estimate of drug-likeness (QED) is 0.767. The van der Waals surface area contributed by atoms with Crippen LogP contribution >= 0.6 is 15.9 Å². The van der Waals surface area contributed by atoms with Crippen molar-refractivity contribution in [3.8, 4) is 5.75 Å². The summed E-state index contributed by atoms with van der Waals surface area (Å²) >= 11 is 3.37. The van der Waals surface area contributed by atoms with Crippen LogP contribution in [0.3, 0.4) is 0 Å². The smallest absolute Gasteiger partial charge is 0.336 e. The molecule has 0 radical (unpaired) electrons. The fourth-order valence-corrected chi connectivity index (χ4v) is 3.66. The van der Waals surface area contributed by atoms with E-state index in [2.05, 4.69) is 15.9 Å². The van der Waals surface area contributed by atoms with Crippen LogP contribution in [-0.4, -0.2) is 45.7 Å². The molecule has 0 spiro atoms. The van der Waals surface area contributed by atoms with E-state index in [9.17, 15) is 19.8 Å². The van der Waals surface area contributed by atoms with E-state index in [1.165, 1.54) is 12.1 Å². The molecule has 2 aromatic rings. The van der Waals surface area contributed by atoms with Gasteiger partial charge in [-0.2, -0.15) is 0 Å². The minimum absolute atomic E-state index is 0.0486. The zero-order chi connectivity index (χ0) is 19.2. The second-order valence-corrected chi connectivity index (χ2v) is 7.45. The van der Waals surface area contributed by atoms with Gasteiger partial charge >= 0.3 is 5.97 Å². The SMILES string of the molecule is O=C(O)C1OC2(c3ccc(O)cc3)CN(Cc3ccc(Br)cc3)C(=O)C1O2. The number of hydrogen-bond acceptors (Lipinski definition) is 5. The number of benzene rings is 2. The van der Waals surface area contributed by atoms with E-state index < -0.39 is 29.9 Å². The molecule has 27 heavy (non-hydrogen) atoms. The van der Waals surface area contributed by atoms with Crippen LogP contribution in [0.1, 0.15) is 11.1 Å². The van der Waals surface area contributed by atoms with Gasteiger partial charge < -0.3 is 24.6 Å². The number of aliphatic carboxylic acids is 1. The van der Waals surface area contributed by atoms with E-state index in [4.69, 9.17) is 9.47 Å². The van der Waals surface area contributed by atoms with Crippen LogP contribution < -0.4 is 0 Å². The molecule has 2 heterocycles. The molecule has 8 heteroatoms. The van der Waals surface area contributed by atoms with Crippen molar-refractivity contribution in [2.24, 2.45) is 0 Å². The average Bonchev–Trinajstić information content (AvgIpc) is 2.99. The Bertz CT molecular complexity index is 884. The lowest BCUT2D eigenvalue weighted by Gasteiger charge is -2.38. The molecule has 0 saturated carbocycles. The summed E-state index contributed by atoms with van der Waals surface area (Å²) < 4.78 is 12.5. The van der Waals surface area contributed by atoms with Gasteiger partial charge in [-0.3, -0.25) is 4.79 Å².